The first kappa shape index (κ1) is 25.7. The first-order valence-electron chi connectivity index (χ1n) is 15.2. The minimum Gasteiger partial charge on any atom is -0.458 e. The van der Waals surface area contributed by atoms with Crippen LogP contribution in [0.2, 0.25) is 0 Å². The summed E-state index contributed by atoms with van der Waals surface area (Å²) >= 11 is 0. The Balaban J connectivity index is 1.02. The summed E-state index contributed by atoms with van der Waals surface area (Å²) in [4.78, 5) is 38.6. The molecular formula is C31H46O6. The van der Waals surface area contributed by atoms with E-state index in [2.05, 4.69) is 20.8 Å². The molecule has 12 unspecified atom stereocenters. The van der Waals surface area contributed by atoms with Crippen LogP contribution in [-0.4, -0.2) is 35.7 Å². The second-order valence-corrected chi connectivity index (χ2v) is 14.3. The van der Waals surface area contributed by atoms with Crippen LogP contribution in [0.15, 0.2) is 0 Å². The number of esters is 3. The van der Waals surface area contributed by atoms with E-state index in [1.54, 1.807) is 0 Å². The Labute approximate surface area is 221 Å². The lowest BCUT2D eigenvalue weighted by molar-refractivity contribution is -0.181. The van der Waals surface area contributed by atoms with Gasteiger partial charge in [-0.3, -0.25) is 14.4 Å². The van der Waals surface area contributed by atoms with Crippen LogP contribution >= 0.6 is 0 Å². The van der Waals surface area contributed by atoms with Crippen LogP contribution in [0, 0.1) is 52.3 Å². The highest BCUT2D eigenvalue weighted by atomic mass is 16.6. The summed E-state index contributed by atoms with van der Waals surface area (Å²) in [5, 5.41) is 0. The smallest absolute Gasteiger partial charge is 0.312 e. The molecule has 37 heavy (non-hydrogen) atoms. The maximum atomic E-state index is 13.7. The molecule has 0 aromatic carbocycles. The van der Waals surface area contributed by atoms with Crippen molar-refractivity contribution >= 4 is 17.9 Å². The van der Waals surface area contributed by atoms with Crippen molar-refractivity contribution in [2.75, 3.05) is 0 Å². The van der Waals surface area contributed by atoms with Crippen LogP contribution in [0.4, 0.5) is 0 Å². The molecule has 0 radical (unpaired) electrons. The molecule has 4 bridgehead atoms. The lowest BCUT2D eigenvalue weighted by Gasteiger charge is -2.41. The molecule has 1 saturated heterocycles. The van der Waals surface area contributed by atoms with Crippen molar-refractivity contribution in [3.05, 3.63) is 0 Å². The van der Waals surface area contributed by atoms with Gasteiger partial charge in [-0.15, -0.1) is 0 Å². The van der Waals surface area contributed by atoms with Gasteiger partial charge in [-0.2, -0.15) is 0 Å². The van der Waals surface area contributed by atoms with E-state index >= 15 is 0 Å². The lowest BCUT2D eigenvalue weighted by atomic mass is 9.73. The summed E-state index contributed by atoms with van der Waals surface area (Å²) in [5.41, 5.74) is -0.347. The molecule has 12 atom stereocenters. The van der Waals surface area contributed by atoms with E-state index in [4.69, 9.17) is 14.2 Å². The van der Waals surface area contributed by atoms with Gasteiger partial charge in [0.15, 0.2) is 0 Å². The Bertz CT molecular complexity index is 977. The third-order valence-corrected chi connectivity index (χ3v) is 12.1. The second kappa shape index (κ2) is 8.71. The zero-order chi connectivity index (χ0) is 26.3. The maximum Gasteiger partial charge on any atom is 0.312 e. The van der Waals surface area contributed by atoms with Crippen molar-refractivity contribution in [3.8, 4) is 0 Å². The topological polar surface area (TPSA) is 78.9 Å². The Morgan fingerprint density at radius 2 is 1.95 bits per heavy atom. The molecule has 5 aliphatic carbocycles. The van der Waals surface area contributed by atoms with Crippen LogP contribution in [0.25, 0.3) is 0 Å². The SMILES string of the molecule is CCC(C)(CCCC(C)C(=O)OC1C2CC3C(=O)OC1C3C2)C(=O)OC1(CC)C2CC(C)CC3(C2)CC31. The van der Waals surface area contributed by atoms with E-state index < -0.39 is 5.41 Å². The van der Waals surface area contributed by atoms with Crippen molar-refractivity contribution in [1.29, 1.82) is 0 Å². The van der Waals surface area contributed by atoms with Gasteiger partial charge in [0.1, 0.15) is 17.8 Å². The molecule has 6 rings (SSSR count). The van der Waals surface area contributed by atoms with Gasteiger partial charge in [0.25, 0.3) is 0 Å². The number of hydrogen-bond acceptors (Lipinski definition) is 6. The van der Waals surface area contributed by atoms with E-state index in [9.17, 15) is 14.4 Å². The van der Waals surface area contributed by atoms with Crippen molar-refractivity contribution < 1.29 is 28.6 Å². The Hall–Kier alpha value is -1.59. The summed E-state index contributed by atoms with van der Waals surface area (Å²) < 4.78 is 18.1. The molecule has 1 aliphatic heterocycles. The molecule has 6 aliphatic rings. The third kappa shape index (κ3) is 3.81. The van der Waals surface area contributed by atoms with Gasteiger partial charge in [0, 0.05) is 17.8 Å². The molecule has 1 spiro atoms. The molecule has 6 fully saturated rings. The van der Waals surface area contributed by atoms with Gasteiger partial charge >= 0.3 is 17.9 Å². The van der Waals surface area contributed by atoms with Gasteiger partial charge in [-0.25, -0.2) is 0 Å². The molecule has 6 nitrogen and oxygen atoms in total. The van der Waals surface area contributed by atoms with Crippen LogP contribution in [-0.2, 0) is 28.6 Å². The maximum absolute atomic E-state index is 13.7. The molecule has 6 heteroatoms. The molecule has 0 amide bonds. The van der Waals surface area contributed by atoms with Crippen molar-refractivity contribution in [3.63, 3.8) is 0 Å². The first-order valence-corrected chi connectivity index (χ1v) is 15.2. The molecule has 206 valence electrons. The second-order valence-electron chi connectivity index (χ2n) is 14.3. The summed E-state index contributed by atoms with van der Waals surface area (Å²) in [7, 11) is 0. The van der Waals surface area contributed by atoms with E-state index in [1.807, 2.05) is 13.8 Å². The van der Waals surface area contributed by atoms with E-state index in [0.717, 1.165) is 38.0 Å². The van der Waals surface area contributed by atoms with Gasteiger partial charge in [0.2, 0.25) is 0 Å². The minimum absolute atomic E-state index is 0.0262. The highest BCUT2D eigenvalue weighted by molar-refractivity contribution is 5.78. The standard InChI is InChI=1S/C31H46O6/c1-6-29(5,28(34)37-31(7-2)20-11-17(3)14-30(15-20)16-23(30)31)10-8-9-18(4)26(32)35-24-19-12-21-22(13-19)27(33)36-25(21)24/h17-25H,6-16H2,1-5H3. The number of carbonyl (C=O) groups excluding carboxylic acids is 3. The largest absolute Gasteiger partial charge is 0.458 e. The van der Waals surface area contributed by atoms with Crippen molar-refractivity contribution in [2.45, 2.75) is 123 Å². The fraction of sp³-hybridized carbons (Fsp3) is 0.903. The summed E-state index contributed by atoms with van der Waals surface area (Å²) in [5.74, 6) is 1.75. The third-order valence-electron chi connectivity index (χ3n) is 12.1. The van der Waals surface area contributed by atoms with Crippen LogP contribution in [0.1, 0.15) is 105 Å². The highest BCUT2D eigenvalue weighted by Gasteiger charge is 2.75. The summed E-state index contributed by atoms with van der Waals surface area (Å²) in [6, 6.07) is 0. The molecule has 0 N–H and O–H groups in total. The van der Waals surface area contributed by atoms with Crippen LogP contribution in [0.5, 0.6) is 0 Å². The van der Waals surface area contributed by atoms with Crippen molar-refractivity contribution in [2.24, 2.45) is 52.3 Å². The van der Waals surface area contributed by atoms with E-state index in [1.165, 1.54) is 25.7 Å². The zero-order valence-corrected chi connectivity index (χ0v) is 23.4. The van der Waals surface area contributed by atoms with E-state index in [0.29, 0.717) is 30.1 Å². The fourth-order valence-corrected chi connectivity index (χ4v) is 9.78. The molecule has 0 aromatic rings. The molecule has 0 aromatic heterocycles. The predicted molar refractivity (Wildman–Crippen MR) is 137 cm³/mol. The number of rotatable bonds is 10. The van der Waals surface area contributed by atoms with E-state index in [-0.39, 0.29) is 59.4 Å². The fourth-order valence-electron chi connectivity index (χ4n) is 9.78. The van der Waals surface area contributed by atoms with Gasteiger partial charge in [0.05, 0.1) is 17.3 Å². The Kier molecular flexibility index (Phi) is 6.04. The number of ether oxygens (including phenoxy) is 3. The molecule has 1 heterocycles. The zero-order valence-electron chi connectivity index (χ0n) is 23.4. The van der Waals surface area contributed by atoms with Gasteiger partial charge in [-0.05, 0) is 88.4 Å². The number of fused-ring (bicyclic) bond motifs is 2. The summed E-state index contributed by atoms with van der Waals surface area (Å²) in [6.45, 7) is 10.6. The average Bonchev–Trinajstić information content (AvgIpc) is 3.11. The summed E-state index contributed by atoms with van der Waals surface area (Å²) in [6.07, 6.45) is 10.0. The quantitative estimate of drug-likeness (QED) is 0.269. The van der Waals surface area contributed by atoms with Crippen molar-refractivity contribution in [1.82, 2.24) is 0 Å². The van der Waals surface area contributed by atoms with Crippen LogP contribution in [0.3, 0.4) is 0 Å². The lowest BCUT2D eigenvalue weighted by Crippen LogP contribution is -2.45. The monoisotopic (exact) mass is 514 g/mol. The number of carbonyl (C=O) groups is 3. The van der Waals surface area contributed by atoms with Gasteiger partial charge < -0.3 is 14.2 Å². The first-order chi connectivity index (χ1) is 17.6. The molecule has 5 saturated carbocycles. The predicted octanol–water partition coefficient (Wildman–Crippen LogP) is 5.85. The normalized spacial score (nSPS) is 46.7. The van der Waals surface area contributed by atoms with Gasteiger partial charge in [-0.1, -0.05) is 34.1 Å². The number of hydrogen-bond donors (Lipinski definition) is 0. The minimum atomic E-state index is -0.534. The Morgan fingerprint density at radius 3 is 2.68 bits per heavy atom. The highest BCUT2D eigenvalue weighted by Crippen LogP contribution is 2.77. The molecular weight excluding hydrogens is 468 g/mol. The Morgan fingerprint density at radius 1 is 1.16 bits per heavy atom. The average molecular weight is 515 g/mol. The van der Waals surface area contributed by atoms with Crippen LogP contribution < -0.4 is 0 Å².